The van der Waals surface area contributed by atoms with Gasteiger partial charge in [0.15, 0.2) is 53.7 Å². The van der Waals surface area contributed by atoms with Crippen LogP contribution in [0, 0.1) is 0 Å². The SMILES string of the molecule is COc1cc2c(O[C@@H]3OC[C@@H](OC)[C@H](OC)[C@H]3O[C@@H]3O[C@H](COC(C)=O)[C@@H](OC(C)=O)[C@H](OC(C)=O)[C@H]3OC(C)=O)c3c(c(-c4ccc5c(c4)OCO5)c2cc1OC)C(=O)OC3. The molecule has 62 heavy (non-hydrogen) atoms. The fourth-order valence-corrected chi connectivity index (χ4v) is 7.94. The van der Waals surface area contributed by atoms with E-state index < -0.39 is 91.8 Å². The number of carbonyl (C=O) groups excluding carboxylic acids is 5. The molecule has 4 aliphatic rings. The number of rotatable bonds is 14. The molecule has 2 fully saturated rings. The maximum atomic E-state index is 13.8. The lowest BCUT2D eigenvalue weighted by atomic mass is 9.89. The molecular formula is C42H46O20. The van der Waals surface area contributed by atoms with Crippen LogP contribution in [0.5, 0.6) is 28.7 Å². The minimum Gasteiger partial charge on any atom is -0.493 e. The van der Waals surface area contributed by atoms with Crippen molar-refractivity contribution < 1.29 is 95.0 Å². The van der Waals surface area contributed by atoms with Gasteiger partial charge in [0.25, 0.3) is 0 Å². The number of methoxy groups -OCH3 is 4. The van der Waals surface area contributed by atoms with Crippen LogP contribution in [0.25, 0.3) is 21.9 Å². The second kappa shape index (κ2) is 18.6. The van der Waals surface area contributed by atoms with Gasteiger partial charge in [-0.25, -0.2) is 4.79 Å². The first kappa shape index (κ1) is 44.1. The molecular weight excluding hydrogens is 824 g/mol. The van der Waals surface area contributed by atoms with E-state index >= 15 is 0 Å². The van der Waals surface area contributed by atoms with Crippen LogP contribution < -0.4 is 23.7 Å². The van der Waals surface area contributed by atoms with Crippen molar-refractivity contribution in [1.29, 1.82) is 0 Å². The Morgan fingerprint density at radius 2 is 1.34 bits per heavy atom. The highest BCUT2D eigenvalue weighted by Crippen LogP contribution is 2.50. The minimum atomic E-state index is -1.66. The number of carbonyl (C=O) groups is 5. The van der Waals surface area contributed by atoms with E-state index in [0.29, 0.717) is 50.5 Å². The number of benzene rings is 3. The molecule has 20 heteroatoms. The summed E-state index contributed by atoms with van der Waals surface area (Å²) in [7, 11) is 5.79. The molecule has 4 heterocycles. The zero-order chi connectivity index (χ0) is 44.4. The first-order chi connectivity index (χ1) is 29.8. The first-order valence-corrected chi connectivity index (χ1v) is 19.4. The van der Waals surface area contributed by atoms with Crippen LogP contribution in [0.4, 0.5) is 0 Å². The fourth-order valence-electron chi connectivity index (χ4n) is 7.94. The standard InChI is InChI=1S/C42H46O20/c1-18(43)52-16-31-36(57-19(2)44)37(58-20(3)45)39(59-21(4)46)42(60-31)62-38-35(51-8)30(50-7)15-54-41(38)61-34-24-13-28(49-6)27(48-5)12-23(24)32(33-25(34)14-53-40(33)47)22-9-10-26-29(11-22)56-17-55-26/h9-13,30-31,35-39,41-42H,14-17H2,1-8H3/t30-,31-,35+,36-,37+,38-,39-,41+,42+/m1/s1. The number of fused-ring (bicyclic) bond motifs is 3. The van der Waals surface area contributed by atoms with E-state index in [4.69, 9.17) is 71.1 Å². The van der Waals surface area contributed by atoms with Gasteiger partial charge in [0.05, 0.1) is 26.4 Å². The highest BCUT2D eigenvalue weighted by molar-refractivity contribution is 6.14. The lowest BCUT2D eigenvalue weighted by Gasteiger charge is -2.47. The van der Waals surface area contributed by atoms with Crippen LogP contribution in [0.2, 0.25) is 0 Å². The van der Waals surface area contributed by atoms with Crippen molar-refractivity contribution >= 4 is 40.6 Å². The average Bonchev–Trinajstić information content (AvgIpc) is 3.87. The van der Waals surface area contributed by atoms with Crippen molar-refractivity contribution in [3.05, 3.63) is 41.5 Å². The molecule has 0 spiro atoms. The smallest absolute Gasteiger partial charge is 0.339 e. The lowest BCUT2D eigenvalue weighted by Crippen LogP contribution is -2.65. The lowest BCUT2D eigenvalue weighted by molar-refractivity contribution is -0.352. The van der Waals surface area contributed by atoms with E-state index in [2.05, 4.69) is 0 Å². The van der Waals surface area contributed by atoms with Crippen LogP contribution in [0.15, 0.2) is 30.3 Å². The molecule has 20 nitrogen and oxygen atoms in total. The summed E-state index contributed by atoms with van der Waals surface area (Å²) >= 11 is 0. The van der Waals surface area contributed by atoms with Crippen molar-refractivity contribution in [1.82, 2.24) is 0 Å². The summed E-state index contributed by atoms with van der Waals surface area (Å²) in [5.74, 6) is -1.96. The molecule has 0 bridgehead atoms. The molecule has 0 radical (unpaired) electrons. The molecule has 0 amide bonds. The molecule has 0 N–H and O–H groups in total. The molecule has 0 aliphatic carbocycles. The zero-order valence-corrected chi connectivity index (χ0v) is 35.1. The first-order valence-electron chi connectivity index (χ1n) is 19.4. The third kappa shape index (κ3) is 8.73. The Balaban J connectivity index is 1.36. The van der Waals surface area contributed by atoms with Crippen LogP contribution >= 0.6 is 0 Å². The number of ether oxygens (including phenoxy) is 15. The molecule has 2 saturated heterocycles. The van der Waals surface area contributed by atoms with E-state index in [9.17, 15) is 24.0 Å². The molecule has 7 rings (SSSR count). The molecule has 0 unspecified atom stereocenters. The van der Waals surface area contributed by atoms with Crippen molar-refractivity contribution in [3.8, 4) is 39.9 Å². The Kier molecular flexibility index (Phi) is 13.2. The molecule has 3 aromatic carbocycles. The average molecular weight is 871 g/mol. The van der Waals surface area contributed by atoms with Crippen LogP contribution in [-0.2, 0) is 73.2 Å². The van der Waals surface area contributed by atoms with E-state index in [0.717, 1.165) is 27.7 Å². The van der Waals surface area contributed by atoms with Crippen molar-refractivity contribution in [2.75, 3.05) is 48.4 Å². The summed E-state index contributed by atoms with van der Waals surface area (Å²) in [6, 6.07) is 8.69. The van der Waals surface area contributed by atoms with Gasteiger partial charge >= 0.3 is 29.8 Å². The van der Waals surface area contributed by atoms with E-state index in [-0.39, 0.29) is 31.3 Å². The molecule has 9 atom stereocenters. The summed E-state index contributed by atoms with van der Waals surface area (Å²) in [6.07, 6.45) is -12.1. The highest BCUT2D eigenvalue weighted by atomic mass is 16.8. The third-order valence-corrected chi connectivity index (χ3v) is 10.5. The number of hydrogen-bond acceptors (Lipinski definition) is 20. The molecule has 0 saturated carbocycles. The molecule has 3 aromatic rings. The van der Waals surface area contributed by atoms with Gasteiger partial charge in [-0.3, -0.25) is 19.2 Å². The summed E-state index contributed by atoms with van der Waals surface area (Å²) in [6.45, 7) is 3.73. The normalized spacial score (nSPS) is 26.2. The second-order valence-corrected chi connectivity index (χ2v) is 14.4. The summed E-state index contributed by atoms with van der Waals surface area (Å²) < 4.78 is 88.1. The summed E-state index contributed by atoms with van der Waals surface area (Å²) in [4.78, 5) is 63.3. The third-order valence-electron chi connectivity index (χ3n) is 10.5. The number of cyclic esters (lactones) is 1. The van der Waals surface area contributed by atoms with Crippen LogP contribution in [-0.4, -0.2) is 134 Å². The van der Waals surface area contributed by atoms with Crippen LogP contribution in [0.1, 0.15) is 43.6 Å². The molecule has 0 aromatic heterocycles. The molecule has 4 aliphatic heterocycles. The van der Waals surface area contributed by atoms with E-state index in [1.165, 1.54) is 28.4 Å². The molecule has 334 valence electrons. The Labute approximate surface area is 354 Å². The van der Waals surface area contributed by atoms with E-state index in [1.807, 2.05) is 0 Å². The van der Waals surface area contributed by atoms with Gasteiger partial charge in [0.2, 0.25) is 13.1 Å². The van der Waals surface area contributed by atoms with Gasteiger partial charge in [-0.05, 0) is 35.2 Å². The topological polar surface area (TPSA) is 224 Å². The fraction of sp³-hybridized carbons (Fsp3) is 0.500. The maximum Gasteiger partial charge on any atom is 0.339 e. The quantitative estimate of drug-likeness (QED) is 0.168. The van der Waals surface area contributed by atoms with Gasteiger partial charge < -0.3 is 71.1 Å². The Bertz CT molecular complexity index is 2220. The monoisotopic (exact) mass is 870 g/mol. The van der Waals surface area contributed by atoms with Gasteiger partial charge in [-0.15, -0.1) is 0 Å². The van der Waals surface area contributed by atoms with Crippen molar-refractivity contribution in [3.63, 3.8) is 0 Å². The Hall–Kier alpha value is -5.93. The van der Waals surface area contributed by atoms with Crippen molar-refractivity contribution in [2.24, 2.45) is 0 Å². The Morgan fingerprint density at radius 1 is 0.677 bits per heavy atom. The highest BCUT2D eigenvalue weighted by Gasteiger charge is 2.56. The maximum absolute atomic E-state index is 13.8. The summed E-state index contributed by atoms with van der Waals surface area (Å²) in [5.41, 5.74) is 1.66. The number of esters is 5. The largest absolute Gasteiger partial charge is 0.493 e. The van der Waals surface area contributed by atoms with Gasteiger partial charge in [-0.1, -0.05) is 6.07 Å². The van der Waals surface area contributed by atoms with Crippen molar-refractivity contribution in [2.45, 2.75) is 89.6 Å². The van der Waals surface area contributed by atoms with Gasteiger partial charge in [0.1, 0.15) is 37.3 Å². The summed E-state index contributed by atoms with van der Waals surface area (Å²) in [5, 5.41) is 0.949. The predicted molar refractivity (Wildman–Crippen MR) is 207 cm³/mol. The zero-order valence-electron chi connectivity index (χ0n) is 35.1. The minimum absolute atomic E-state index is 0.0338. The van der Waals surface area contributed by atoms with Gasteiger partial charge in [-0.2, -0.15) is 0 Å². The number of hydrogen-bond donors (Lipinski definition) is 0. The predicted octanol–water partition coefficient (Wildman–Crippen LogP) is 3.16. The van der Waals surface area contributed by atoms with Crippen LogP contribution in [0.3, 0.4) is 0 Å². The Morgan fingerprint density at radius 3 is 1.98 bits per heavy atom. The van der Waals surface area contributed by atoms with Gasteiger partial charge in [0, 0.05) is 58.4 Å². The van der Waals surface area contributed by atoms with E-state index in [1.54, 1.807) is 30.3 Å². The second-order valence-electron chi connectivity index (χ2n) is 14.4.